The summed E-state index contributed by atoms with van der Waals surface area (Å²) in [6.45, 7) is 3.81. The zero-order valence-electron chi connectivity index (χ0n) is 10.6. The molecule has 0 spiro atoms. The maximum absolute atomic E-state index is 12.1. The quantitative estimate of drug-likeness (QED) is 0.548. The second kappa shape index (κ2) is 5.21. The fourth-order valence-corrected chi connectivity index (χ4v) is 3.30. The molecular weight excluding hydrogens is 216 g/mol. The van der Waals surface area contributed by atoms with Crippen LogP contribution in [0.25, 0.3) is 0 Å². The van der Waals surface area contributed by atoms with Crippen LogP contribution in [-0.2, 0) is 14.3 Å². The Morgan fingerprint density at radius 2 is 2.12 bits per heavy atom. The van der Waals surface area contributed by atoms with Gasteiger partial charge in [-0.15, -0.1) is 6.58 Å². The molecule has 0 bridgehead atoms. The van der Waals surface area contributed by atoms with Gasteiger partial charge in [0, 0.05) is 0 Å². The van der Waals surface area contributed by atoms with Gasteiger partial charge in [0.05, 0.1) is 24.7 Å². The Kier molecular flexibility index (Phi) is 3.87. The first-order valence-corrected chi connectivity index (χ1v) is 6.59. The largest absolute Gasteiger partial charge is 0.469 e. The van der Waals surface area contributed by atoms with Gasteiger partial charge in [0.2, 0.25) is 0 Å². The predicted octanol–water partition coefficient (Wildman–Crippen LogP) is 2.84. The second-order valence-corrected chi connectivity index (χ2v) is 5.18. The Labute approximate surface area is 103 Å². The molecular formula is C14H22O3. The van der Waals surface area contributed by atoms with E-state index in [-0.39, 0.29) is 23.6 Å². The number of carbonyl (C=O) groups is 1. The zero-order valence-corrected chi connectivity index (χ0v) is 10.6. The number of rotatable bonds is 2. The minimum absolute atomic E-state index is 0.0224. The van der Waals surface area contributed by atoms with Gasteiger partial charge in [-0.2, -0.15) is 0 Å². The molecule has 1 saturated carbocycles. The molecule has 0 amide bonds. The summed E-state index contributed by atoms with van der Waals surface area (Å²) in [6, 6.07) is 0. The molecule has 96 valence electrons. The molecule has 2 rings (SSSR count). The van der Waals surface area contributed by atoms with Crippen molar-refractivity contribution < 1.29 is 14.3 Å². The lowest BCUT2D eigenvalue weighted by Crippen LogP contribution is -2.46. The van der Waals surface area contributed by atoms with Crippen molar-refractivity contribution >= 4 is 5.97 Å². The van der Waals surface area contributed by atoms with Crippen LogP contribution in [0.1, 0.15) is 44.9 Å². The van der Waals surface area contributed by atoms with Crippen molar-refractivity contribution in [3.63, 3.8) is 0 Å². The Morgan fingerprint density at radius 1 is 1.35 bits per heavy atom. The number of esters is 1. The zero-order chi connectivity index (χ0) is 12.3. The number of hydrogen-bond acceptors (Lipinski definition) is 3. The SMILES string of the molecule is C=C[C@@H]1CCC[C@]2(C(=O)OC)CCCC[C@H]2O1. The molecule has 0 aromatic carbocycles. The third-order valence-corrected chi connectivity index (χ3v) is 4.26. The van der Waals surface area contributed by atoms with Gasteiger partial charge in [-0.3, -0.25) is 4.79 Å². The maximum Gasteiger partial charge on any atom is 0.314 e. The van der Waals surface area contributed by atoms with E-state index in [1.807, 2.05) is 6.08 Å². The number of ether oxygens (including phenoxy) is 2. The fraction of sp³-hybridized carbons (Fsp3) is 0.786. The Morgan fingerprint density at radius 3 is 2.82 bits per heavy atom. The highest BCUT2D eigenvalue weighted by Gasteiger charge is 2.50. The van der Waals surface area contributed by atoms with E-state index in [9.17, 15) is 4.79 Å². The van der Waals surface area contributed by atoms with E-state index in [0.717, 1.165) is 44.9 Å². The summed E-state index contributed by atoms with van der Waals surface area (Å²) in [4.78, 5) is 12.1. The van der Waals surface area contributed by atoms with Crippen molar-refractivity contribution in [3.05, 3.63) is 12.7 Å². The highest BCUT2D eigenvalue weighted by Crippen LogP contribution is 2.46. The lowest BCUT2D eigenvalue weighted by molar-refractivity contribution is -0.169. The third-order valence-electron chi connectivity index (χ3n) is 4.26. The summed E-state index contributed by atoms with van der Waals surface area (Å²) in [7, 11) is 1.48. The van der Waals surface area contributed by atoms with Gasteiger partial charge in [-0.05, 0) is 32.1 Å². The summed E-state index contributed by atoms with van der Waals surface area (Å²) in [6.07, 6.45) is 9.01. The van der Waals surface area contributed by atoms with Gasteiger partial charge >= 0.3 is 5.97 Å². The molecule has 2 aliphatic rings. The summed E-state index contributed by atoms with van der Waals surface area (Å²) in [5.41, 5.74) is -0.384. The molecule has 17 heavy (non-hydrogen) atoms. The fourth-order valence-electron chi connectivity index (χ4n) is 3.30. The molecule has 3 atom stereocenters. The summed E-state index contributed by atoms with van der Waals surface area (Å²) in [5, 5.41) is 0. The van der Waals surface area contributed by atoms with Gasteiger partial charge in [0.1, 0.15) is 0 Å². The minimum Gasteiger partial charge on any atom is -0.469 e. The van der Waals surface area contributed by atoms with Crippen LogP contribution in [-0.4, -0.2) is 25.3 Å². The van der Waals surface area contributed by atoms with E-state index in [0.29, 0.717) is 0 Å². The molecule has 1 aliphatic heterocycles. The van der Waals surface area contributed by atoms with Gasteiger partial charge in [0.15, 0.2) is 0 Å². The standard InChI is InChI=1S/C14H22O3/c1-3-11-7-6-10-14(13(15)16-2)9-5-4-8-12(14)17-11/h3,11-12H,1,4-10H2,2H3/t11-,12-,14-/m1/s1. The topological polar surface area (TPSA) is 35.5 Å². The Balaban J connectivity index is 2.24. The van der Waals surface area contributed by atoms with Crippen molar-refractivity contribution in [1.82, 2.24) is 0 Å². The highest BCUT2D eigenvalue weighted by atomic mass is 16.5. The maximum atomic E-state index is 12.1. The van der Waals surface area contributed by atoms with Crippen molar-refractivity contribution in [1.29, 1.82) is 0 Å². The number of methoxy groups -OCH3 is 1. The van der Waals surface area contributed by atoms with Crippen LogP contribution in [0, 0.1) is 5.41 Å². The number of hydrogen-bond donors (Lipinski definition) is 0. The van der Waals surface area contributed by atoms with E-state index in [1.54, 1.807) is 0 Å². The van der Waals surface area contributed by atoms with E-state index >= 15 is 0 Å². The third kappa shape index (κ3) is 2.25. The molecule has 0 radical (unpaired) electrons. The summed E-state index contributed by atoms with van der Waals surface area (Å²) in [5.74, 6) is -0.0769. The lowest BCUT2D eigenvalue weighted by atomic mass is 9.69. The molecule has 1 aliphatic carbocycles. The van der Waals surface area contributed by atoms with Crippen molar-refractivity contribution in [3.8, 4) is 0 Å². The Bertz CT molecular complexity index is 300. The summed E-state index contributed by atoms with van der Waals surface area (Å²) < 4.78 is 11.1. The first kappa shape index (κ1) is 12.6. The van der Waals surface area contributed by atoms with Crippen LogP contribution in [0.5, 0.6) is 0 Å². The molecule has 3 heteroatoms. The van der Waals surface area contributed by atoms with Crippen LogP contribution in [0.4, 0.5) is 0 Å². The smallest absolute Gasteiger partial charge is 0.314 e. The number of fused-ring (bicyclic) bond motifs is 1. The molecule has 0 N–H and O–H groups in total. The lowest BCUT2D eigenvalue weighted by Gasteiger charge is -2.40. The van der Waals surface area contributed by atoms with Crippen LogP contribution < -0.4 is 0 Å². The van der Waals surface area contributed by atoms with Gasteiger partial charge in [-0.25, -0.2) is 0 Å². The van der Waals surface area contributed by atoms with E-state index in [1.165, 1.54) is 7.11 Å². The first-order valence-electron chi connectivity index (χ1n) is 6.59. The molecule has 0 aromatic rings. The van der Waals surface area contributed by atoms with Gasteiger partial charge < -0.3 is 9.47 Å². The van der Waals surface area contributed by atoms with Crippen molar-refractivity contribution in [2.24, 2.45) is 5.41 Å². The second-order valence-electron chi connectivity index (χ2n) is 5.18. The van der Waals surface area contributed by atoms with Crippen LogP contribution in [0.2, 0.25) is 0 Å². The van der Waals surface area contributed by atoms with E-state index < -0.39 is 0 Å². The van der Waals surface area contributed by atoms with Crippen LogP contribution >= 0.6 is 0 Å². The van der Waals surface area contributed by atoms with Gasteiger partial charge in [0.25, 0.3) is 0 Å². The predicted molar refractivity (Wildman–Crippen MR) is 65.6 cm³/mol. The van der Waals surface area contributed by atoms with Crippen molar-refractivity contribution in [2.45, 2.75) is 57.2 Å². The average molecular weight is 238 g/mol. The summed E-state index contributed by atoms with van der Waals surface area (Å²) >= 11 is 0. The van der Waals surface area contributed by atoms with Gasteiger partial charge in [-0.1, -0.05) is 18.9 Å². The molecule has 1 saturated heterocycles. The first-order chi connectivity index (χ1) is 8.23. The van der Waals surface area contributed by atoms with E-state index in [4.69, 9.17) is 9.47 Å². The number of carbonyl (C=O) groups excluding carboxylic acids is 1. The minimum atomic E-state index is -0.384. The molecule has 0 aromatic heterocycles. The van der Waals surface area contributed by atoms with Crippen LogP contribution in [0.15, 0.2) is 12.7 Å². The molecule has 3 nitrogen and oxygen atoms in total. The van der Waals surface area contributed by atoms with Crippen molar-refractivity contribution in [2.75, 3.05) is 7.11 Å². The van der Waals surface area contributed by atoms with E-state index in [2.05, 4.69) is 6.58 Å². The average Bonchev–Trinajstić information content (AvgIpc) is 2.57. The molecule has 2 fully saturated rings. The highest BCUT2D eigenvalue weighted by molar-refractivity contribution is 5.77. The Hall–Kier alpha value is -0.830. The molecule has 1 heterocycles. The van der Waals surface area contributed by atoms with Crippen LogP contribution in [0.3, 0.4) is 0 Å². The normalized spacial score (nSPS) is 37.7. The molecule has 0 unspecified atom stereocenters. The monoisotopic (exact) mass is 238 g/mol.